The van der Waals surface area contributed by atoms with E-state index in [1.54, 1.807) is 0 Å². The minimum atomic E-state index is 0.584. The molecule has 0 aliphatic rings. The molecule has 3 heteroatoms. The van der Waals surface area contributed by atoms with Gasteiger partial charge in [-0.3, -0.25) is 0 Å². The Morgan fingerprint density at radius 1 is 1.06 bits per heavy atom. The van der Waals surface area contributed by atoms with E-state index >= 15 is 0 Å². The van der Waals surface area contributed by atoms with Gasteiger partial charge in [-0.1, -0.05) is 12.1 Å². The monoisotopic (exact) mass is 353 g/mol. The second-order valence-corrected chi connectivity index (χ2v) is 5.64. The first-order chi connectivity index (χ1) is 8.56. The van der Waals surface area contributed by atoms with Gasteiger partial charge in [-0.2, -0.15) is 0 Å². The van der Waals surface area contributed by atoms with Crippen LogP contribution in [0, 0.1) is 17.4 Å². The molecule has 2 aromatic carbocycles. The van der Waals surface area contributed by atoms with Crippen LogP contribution in [-0.4, -0.2) is 0 Å². The van der Waals surface area contributed by atoms with E-state index in [1.165, 1.54) is 9.13 Å². The molecule has 0 unspecified atom stereocenters. The van der Waals surface area contributed by atoms with E-state index in [2.05, 4.69) is 46.9 Å². The van der Waals surface area contributed by atoms with E-state index in [0.29, 0.717) is 6.61 Å². The molecule has 2 aromatic rings. The third kappa shape index (κ3) is 3.16. The van der Waals surface area contributed by atoms with Crippen LogP contribution in [0.4, 0.5) is 5.69 Å². The predicted octanol–water partition coefficient (Wildman–Crippen LogP) is 4.07. The van der Waals surface area contributed by atoms with E-state index in [-0.39, 0.29) is 0 Å². The Hall–Kier alpha value is -1.23. The first-order valence-electron chi connectivity index (χ1n) is 5.80. The number of nitrogens with two attached hydrogens (primary N) is 1. The van der Waals surface area contributed by atoms with Crippen LogP contribution < -0.4 is 10.5 Å². The number of ether oxygens (including phenoxy) is 1. The summed E-state index contributed by atoms with van der Waals surface area (Å²) in [5, 5.41) is 0. The highest BCUT2D eigenvalue weighted by atomic mass is 127. The first kappa shape index (κ1) is 13.2. The summed E-state index contributed by atoms with van der Waals surface area (Å²) in [7, 11) is 0. The van der Waals surface area contributed by atoms with Gasteiger partial charge >= 0.3 is 0 Å². The SMILES string of the molecule is Cc1cc(OCc2ccc(I)cc2)c(C)cc1N. The van der Waals surface area contributed by atoms with Crippen molar-refractivity contribution in [3.63, 3.8) is 0 Å². The minimum absolute atomic E-state index is 0.584. The van der Waals surface area contributed by atoms with Gasteiger partial charge in [0, 0.05) is 9.26 Å². The average Bonchev–Trinajstić information content (AvgIpc) is 2.34. The summed E-state index contributed by atoms with van der Waals surface area (Å²) in [6.45, 7) is 4.59. The van der Waals surface area contributed by atoms with E-state index in [0.717, 1.165) is 22.6 Å². The Balaban J connectivity index is 2.10. The van der Waals surface area contributed by atoms with Crippen LogP contribution in [0.5, 0.6) is 5.75 Å². The van der Waals surface area contributed by atoms with Gasteiger partial charge in [-0.15, -0.1) is 0 Å². The lowest BCUT2D eigenvalue weighted by atomic mass is 10.1. The predicted molar refractivity (Wildman–Crippen MR) is 83.8 cm³/mol. The van der Waals surface area contributed by atoms with Crippen molar-refractivity contribution in [2.45, 2.75) is 20.5 Å². The van der Waals surface area contributed by atoms with Crippen LogP contribution in [0.15, 0.2) is 36.4 Å². The van der Waals surface area contributed by atoms with Gasteiger partial charge in [0.15, 0.2) is 0 Å². The number of nitrogen functional groups attached to an aromatic ring is 1. The van der Waals surface area contributed by atoms with Gasteiger partial charge in [0.05, 0.1) is 0 Å². The quantitative estimate of drug-likeness (QED) is 0.667. The molecule has 0 atom stereocenters. The maximum Gasteiger partial charge on any atom is 0.123 e. The standard InChI is InChI=1S/C15H16INO/c1-10-8-15(11(2)7-14(10)17)18-9-12-3-5-13(16)6-4-12/h3-8H,9,17H2,1-2H3. The van der Waals surface area contributed by atoms with Crippen LogP contribution in [0.1, 0.15) is 16.7 Å². The number of anilines is 1. The van der Waals surface area contributed by atoms with Crippen LogP contribution in [0.3, 0.4) is 0 Å². The minimum Gasteiger partial charge on any atom is -0.489 e. The molecule has 94 valence electrons. The molecule has 0 aliphatic carbocycles. The largest absolute Gasteiger partial charge is 0.489 e. The first-order valence-corrected chi connectivity index (χ1v) is 6.88. The fraction of sp³-hybridized carbons (Fsp3) is 0.200. The molecule has 0 heterocycles. The van der Waals surface area contributed by atoms with Crippen molar-refractivity contribution in [3.05, 3.63) is 56.7 Å². The maximum absolute atomic E-state index is 5.86. The third-order valence-corrected chi connectivity index (χ3v) is 3.59. The lowest BCUT2D eigenvalue weighted by Crippen LogP contribution is -1.99. The fourth-order valence-corrected chi connectivity index (χ4v) is 2.07. The number of benzene rings is 2. The van der Waals surface area contributed by atoms with Crippen LogP contribution in [-0.2, 0) is 6.61 Å². The molecular weight excluding hydrogens is 337 g/mol. The summed E-state index contributed by atoms with van der Waals surface area (Å²) in [5.41, 5.74) is 9.97. The van der Waals surface area contributed by atoms with Crippen molar-refractivity contribution in [2.24, 2.45) is 0 Å². The zero-order chi connectivity index (χ0) is 13.1. The van der Waals surface area contributed by atoms with Gasteiger partial charge in [-0.05, 0) is 77.4 Å². The molecule has 0 saturated heterocycles. The summed E-state index contributed by atoms with van der Waals surface area (Å²) < 4.78 is 7.07. The summed E-state index contributed by atoms with van der Waals surface area (Å²) in [6, 6.07) is 12.3. The summed E-state index contributed by atoms with van der Waals surface area (Å²) in [4.78, 5) is 0. The smallest absolute Gasteiger partial charge is 0.123 e. The maximum atomic E-state index is 5.86. The molecular formula is C15H16INO. The molecule has 0 fully saturated rings. The fourth-order valence-electron chi connectivity index (χ4n) is 1.71. The molecule has 2 N–H and O–H groups in total. The van der Waals surface area contributed by atoms with Crippen LogP contribution in [0.2, 0.25) is 0 Å². The highest BCUT2D eigenvalue weighted by molar-refractivity contribution is 14.1. The van der Waals surface area contributed by atoms with Gasteiger partial charge in [-0.25, -0.2) is 0 Å². The normalized spacial score (nSPS) is 10.4. The second kappa shape index (κ2) is 5.61. The highest BCUT2D eigenvalue weighted by Crippen LogP contribution is 2.25. The van der Waals surface area contributed by atoms with Crippen LogP contribution >= 0.6 is 22.6 Å². The Bertz CT molecular complexity index is 549. The number of rotatable bonds is 3. The molecule has 2 nitrogen and oxygen atoms in total. The highest BCUT2D eigenvalue weighted by Gasteiger charge is 2.03. The van der Waals surface area contributed by atoms with Gasteiger partial charge < -0.3 is 10.5 Å². The van der Waals surface area contributed by atoms with Crippen molar-refractivity contribution in [2.75, 3.05) is 5.73 Å². The zero-order valence-electron chi connectivity index (χ0n) is 10.5. The van der Waals surface area contributed by atoms with Crippen molar-refractivity contribution >= 4 is 28.3 Å². The summed E-state index contributed by atoms with van der Waals surface area (Å²) in [6.07, 6.45) is 0. The lowest BCUT2D eigenvalue weighted by Gasteiger charge is -2.11. The van der Waals surface area contributed by atoms with Gasteiger partial charge in [0.25, 0.3) is 0 Å². The van der Waals surface area contributed by atoms with E-state index in [4.69, 9.17) is 10.5 Å². The van der Waals surface area contributed by atoms with Crippen molar-refractivity contribution in [1.29, 1.82) is 0 Å². The zero-order valence-corrected chi connectivity index (χ0v) is 12.7. The van der Waals surface area contributed by atoms with Gasteiger partial charge in [0.2, 0.25) is 0 Å². The molecule has 0 radical (unpaired) electrons. The second-order valence-electron chi connectivity index (χ2n) is 4.39. The molecule has 0 bridgehead atoms. The van der Waals surface area contributed by atoms with Crippen LogP contribution in [0.25, 0.3) is 0 Å². The Morgan fingerprint density at radius 3 is 2.39 bits per heavy atom. The molecule has 0 aromatic heterocycles. The Morgan fingerprint density at radius 2 is 1.72 bits per heavy atom. The molecule has 0 amide bonds. The van der Waals surface area contributed by atoms with Gasteiger partial charge in [0.1, 0.15) is 12.4 Å². The lowest BCUT2D eigenvalue weighted by molar-refractivity contribution is 0.304. The number of hydrogen-bond donors (Lipinski definition) is 1. The Labute approximate surface area is 121 Å². The summed E-state index contributed by atoms with van der Waals surface area (Å²) in [5.74, 6) is 0.903. The van der Waals surface area contributed by atoms with Crippen molar-refractivity contribution < 1.29 is 4.74 Å². The third-order valence-electron chi connectivity index (χ3n) is 2.87. The number of aryl methyl sites for hydroxylation is 2. The van der Waals surface area contributed by atoms with Crippen molar-refractivity contribution in [3.8, 4) is 5.75 Å². The molecule has 0 spiro atoms. The molecule has 18 heavy (non-hydrogen) atoms. The number of hydrogen-bond acceptors (Lipinski definition) is 2. The van der Waals surface area contributed by atoms with E-state index in [1.807, 2.05) is 26.0 Å². The van der Waals surface area contributed by atoms with Crippen molar-refractivity contribution in [1.82, 2.24) is 0 Å². The summed E-state index contributed by atoms with van der Waals surface area (Å²) >= 11 is 2.29. The number of halogens is 1. The average molecular weight is 353 g/mol. The molecule has 2 rings (SSSR count). The topological polar surface area (TPSA) is 35.2 Å². The Kier molecular flexibility index (Phi) is 4.11. The van der Waals surface area contributed by atoms with E-state index < -0.39 is 0 Å². The molecule has 0 aliphatic heterocycles. The molecule has 0 saturated carbocycles. The van der Waals surface area contributed by atoms with E-state index in [9.17, 15) is 0 Å².